The minimum Gasteiger partial charge on any atom is -0.397 e. The largest absolute Gasteiger partial charge is 0.397 e. The Morgan fingerprint density at radius 1 is 1.50 bits per heavy atom. The second-order valence-electron chi connectivity index (χ2n) is 5.09. The van der Waals surface area contributed by atoms with Gasteiger partial charge in [0, 0.05) is 16.1 Å². The number of anilines is 1. The molecule has 1 aliphatic rings. The first-order valence-corrected chi connectivity index (χ1v) is 6.98. The van der Waals surface area contributed by atoms with E-state index < -0.39 is 0 Å². The van der Waals surface area contributed by atoms with E-state index in [-0.39, 0.29) is 5.91 Å². The molecule has 3 nitrogen and oxygen atoms in total. The van der Waals surface area contributed by atoms with Crippen molar-refractivity contribution < 1.29 is 4.79 Å². The zero-order chi connectivity index (χ0) is 12.9. The van der Waals surface area contributed by atoms with E-state index >= 15 is 0 Å². The van der Waals surface area contributed by atoms with E-state index in [0.29, 0.717) is 22.5 Å². The molecule has 1 aliphatic carbocycles. The summed E-state index contributed by atoms with van der Waals surface area (Å²) in [5, 5.41) is 4.03. The SMILES string of the molecule is Cc1cccc2c(N)c(C(=O)NC3CC3C)sc12. The highest BCUT2D eigenvalue weighted by Gasteiger charge is 2.34. The predicted octanol–water partition coefficient (Wildman–Crippen LogP) is 2.93. The Balaban J connectivity index is 1.99. The maximum atomic E-state index is 12.2. The zero-order valence-electron chi connectivity index (χ0n) is 10.5. The van der Waals surface area contributed by atoms with E-state index in [1.54, 1.807) is 0 Å². The van der Waals surface area contributed by atoms with Crippen LogP contribution in [0.25, 0.3) is 10.1 Å². The summed E-state index contributed by atoms with van der Waals surface area (Å²) < 4.78 is 1.11. The van der Waals surface area contributed by atoms with E-state index in [1.165, 1.54) is 16.9 Å². The Kier molecular flexibility index (Phi) is 2.55. The van der Waals surface area contributed by atoms with Crippen LogP contribution < -0.4 is 11.1 Å². The van der Waals surface area contributed by atoms with Gasteiger partial charge in [0.15, 0.2) is 0 Å². The van der Waals surface area contributed by atoms with Gasteiger partial charge in [-0.1, -0.05) is 25.1 Å². The first-order valence-electron chi connectivity index (χ1n) is 6.16. The van der Waals surface area contributed by atoms with Gasteiger partial charge in [0.1, 0.15) is 4.88 Å². The molecule has 2 aromatic rings. The van der Waals surface area contributed by atoms with Crippen molar-refractivity contribution in [2.45, 2.75) is 26.3 Å². The summed E-state index contributed by atoms with van der Waals surface area (Å²) >= 11 is 1.49. The number of nitrogen functional groups attached to an aromatic ring is 1. The Morgan fingerprint density at radius 2 is 2.22 bits per heavy atom. The van der Waals surface area contributed by atoms with Gasteiger partial charge in [-0.3, -0.25) is 4.79 Å². The lowest BCUT2D eigenvalue weighted by Gasteiger charge is -2.02. The Bertz CT molecular complexity index is 632. The van der Waals surface area contributed by atoms with Crippen LogP contribution >= 0.6 is 11.3 Å². The molecule has 0 aliphatic heterocycles. The number of aryl methyl sites for hydroxylation is 1. The summed E-state index contributed by atoms with van der Waals surface area (Å²) in [5.41, 5.74) is 7.87. The quantitative estimate of drug-likeness (QED) is 0.872. The number of carbonyl (C=O) groups is 1. The summed E-state index contributed by atoms with van der Waals surface area (Å²) in [4.78, 5) is 12.8. The van der Waals surface area contributed by atoms with Crippen LogP contribution in [0.3, 0.4) is 0 Å². The van der Waals surface area contributed by atoms with E-state index in [1.807, 2.05) is 25.1 Å². The smallest absolute Gasteiger partial charge is 0.263 e. The van der Waals surface area contributed by atoms with Gasteiger partial charge in [-0.2, -0.15) is 0 Å². The minimum atomic E-state index is -0.0255. The Hall–Kier alpha value is -1.55. The highest BCUT2D eigenvalue weighted by Crippen LogP contribution is 2.36. The van der Waals surface area contributed by atoms with E-state index in [4.69, 9.17) is 5.73 Å². The van der Waals surface area contributed by atoms with Crippen molar-refractivity contribution in [3.63, 3.8) is 0 Å². The van der Waals surface area contributed by atoms with Crippen LogP contribution in [0.1, 0.15) is 28.6 Å². The first-order chi connectivity index (χ1) is 8.58. The van der Waals surface area contributed by atoms with Gasteiger partial charge in [-0.05, 0) is 24.8 Å². The van der Waals surface area contributed by atoms with Crippen molar-refractivity contribution in [1.82, 2.24) is 5.32 Å². The van der Waals surface area contributed by atoms with Gasteiger partial charge >= 0.3 is 0 Å². The molecule has 0 spiro atoms. The van der Waals surface area contributed by atoms with E-state index in [2.05, 4.69) is 12.2 Å². The third-order valence-electron chi connectivity index (χ3n) is 3.58. The molecule has 3 rings (SSSR count). The van der Waals surface area contributed by atoms with Crippen molar-refractivity contribution in [3.05, 3.63) is 28.6 Å². The lowest BCUT2D eigenvalue weighted by molar-refractivity contribution is 0.0954. The minimum absolute atomic E-state index is 0.0255. The van der Waals surface area contributed by atoms with Gasteiger partial charge < -0.3 is 11.1 Å². The second kappa shape index (κ2) is 3.99. The number of carbonyl (C=O) groups excluding carboxylic acids is 1. The van der Waals surface area contributed by atoms with Gasteiger partial charge in [-0.25, -0.2) is 0 Å². The Labute approximate surface area is 110 Å². The van der Waals surface area contributed by atoms with Gasteiger partial charge in [0.05, 0.1) is 5.69 Å². The molecule has 2 atom stereocenters. The zero-order valence-corrected chi connectivity index (χ0v) is 11.3. The number of nitrogens with one attached hydrogen (secondary N) is 1. The summed E-state index contributed by atoms with van der Waals surface area (Å²) in [5.74, 6) is 0.578. The molecular formula is C14H16N2OS. The average Bonchev–Trinajstić information content (AvgIpc) is 2.89. The molecule has 2 unspecified atom stereocenters. The highest BCUT2D eigenvalue weighted by atomic mass is 32.1. The predicted molar refractivity (Wildman–Crippen MR) is 76.0 cm³/mol. The molecule has 18 heavy (non-hydrogen) atoms. The third-order valence-corrected chi connectivity index (χ3v) is 4.94. The third kappa shape index (κ3) is 1.77. The number of amides is 1. The van der Waals surface area contributed by atoms with Crippen LogP contribution in [0.5, 0.6) is 0 Å². The van der Waals surface area contributed by atoms with E-state index in [9.17, 15) is 4.79 Å². The molecule has 1 amide bonds. The number of benzene rings is 1. The molecule has 94 valence electrons. The molecule has 0 saturated heterocycles. The van der Waals surface area contributed by atoms with Crippen molar-refractivity contribution >= 4 is 33.0 Å². The number of rotatable bonds is 2. The molecule has 1 saturated carbocycles. The lowest BCUT2D eigenvalue weighted by Crippen LogP contribution is -2.26. The normalized spacial score (nSPS) is 22.1. The van der Waals surface area contributed by atoms with Crippen LogP contribution in [-0.4, -0.2) is 11.9 Å². The maximum Gasteiger partial charge on any atom is 0.263 e. The lowest BCUT2D eigenvalue weighted by atomic mass is 10.1. The summed E-state index contributed by atoms with van der Waals surface area (Å²) in [6.07, 6.45) is 1.08. The van der Waals surface area contributed by atoms with Crippen LogP contribution in [0, 0.1) is 12.8 Å². The summed E-state index contributed by atoms with van der Waals surface area (Å²) in [6, 6.07) is 6.34. The van der Waals surface area contributed by atoms with E-state index in [0.717, 1.165) is 16.5 Å². The molecule has 1 fully saturated rings. The van der Waals surface area contributed by atoms with Crippen molar-refractivity contribution in [1.29, 1.82) is 0 Å². The average molecular weight is 260 g/mol. The molecule has 1 heterocycles. The number of hydrogen-bond donors (Lipinski definition) is 2. The Morgan fingerprint density at radius 3 is 2.83 bits per heavy atom. The monoisotopic (exact) mass is 260 g/mol. The number of fused-ring (bicyclic) bond motifs is 1. The maximum absolute atomic E-state index is 12.2. The molecule has 0 radical (unpaired) electrons. The second-order valence-corrected chi connectivity index (χ2v) is 6.11. The van der Waals surface area contributed by atoms with Crippen LogP contribution in [-0.2, 0) is 0 Å². The fraction of sp³-hybridized carbons (Fsp3) is 0.357. The molecular weight excluding hydrogens is 244 g/mol. The van der Waals surface area contributed by atoms with Crippen molar-refractivity contribution in [2.75, 3.05) is 5.73 Å². The molecule has 1 aromatic heterocycles. The van der Waals surface area contributed by atoms with Crippen LogP contribution in [0.15, 0.2) is 18.2 Å². The van der Waals surface area contributed by atoms with Crippen LogP contribution in [0.4, 0.5) is 5.69 Å². The molecule has 0 bridgehead atoms. The van der Waals surface area contributed by atoms with Gasteiger partial charge in [0.25, 0.3) is 5.91 Å². The summed E-state index contributed by atoms with van der Waals surface area (Å²) in [6.45, 7) is 4.19. The van der Waals surface area contributed by atoms with Crippen LogP contribution in [0.2, 0.25) is 0 Å². The van der Waals surface area contributed by atoms with Gasteiger partial charge in [0.2, 0.25) is 0 Å². The fourth-order valence-corrected chi connectivity index (χ4v) is 3.30. The summed E-state index contributed by atoms with van der Waals surface area (Å²) in [7, 11) is 0. The number of hydrogen-bond acceptors (Lipinski definition) is 3. The number of thiophene rings is 1. The van der Waals surface area contributed by atoms with Gasteiger partial charge in [-0.15, -0.1) is 11.3 Å². The number of nitrogens with two attached hydrogens (primary N) is 1. The topological polar surface area (TPSA) is 55.1 Å². The molecule has 4 heteroatoms. The fourth-order valence-electron chi connectivity index (χ4n) is 2.21. The van der Waals surface area contributed by atoms with Crippen molar-refractivity contribution in [2.24, 2.45) is 5.92 Å². The van der Waals surface area contributed by atoms with Crippen molar-refractivity contribution in [3.8, 4) is 0 Å². The standard InChI is InChI=1S/C14H16N2OS/c1-7-4-3-5-9-11(15)13(18-12(7)9)14(17)16-10-6-8(10)2/h3-5,8,10H,6,15H2,1-2H3,(H,16,17). The first kappa shape index (κ1) is 11.5. The highest BCUT2D eigenvalue weighted by molar-refractivity contribution is 7.21. The molecule has 3 N–H and O–H groups in total. The molecule has 1 aromatic carbocycles.